The second-order valence-electron chi connectivity index (χ2n) is 4.58. The van der Waals surface area contributed by atoms with Gasteiger partial charge in [-0.25, -0.2) is 4.39 Å². The Kier molecular flexibility index (Phi) is 4.00. The molecule has 100 valence electrons. The molecule has 4 heteroatoms. The lowest BCUT2D eigenvalue weighted by Crippen LogP contribution is -2.29. The zero-order valence-electron chi connectivity index (χ0n) is 11.2. The summed E-state index contributed by atoms with van der Waals surface area (Å²) in [6.07, 6.45) is 0. The SMILES string of the molecule is Cc1ccsc1C(=O)N(C)C(C)c1ccc(F)cc1. The van der Waals surface area contributed by atoms with Crippen LogP contribution in [0.5, 0.6) is 0 Å². The molecule has 0 aliphatic heterocycles. The normalized spacial score (nSPS) is 12.2. The molecule has 0 aliphatic carbocycles. The van der Waals surface area contributed by atoms with Gasteiger partial charge < -0.3 is 4.90 Å². The minimum absolute atomic E-state index is 0.00400. The minimum Gasteiger partial charge on any atom is -0.334 e. The predicted octanol–water partition coefficient (Wildman–Crippen LogP) is 4.03. The average Bonchev–Trinajstić information content (AvgIpc) is 2.83. The first-order chi connectivity index (χ1) is 9.00. The fourth-order valence-corrected chi connectivity index (χ4v) is 2.80. The van der Waals surface area contributed by atoms with Gasteiger partial charge in [0.05, 0.1) is 10.9 Å². The molecule has 1 aromatic heterocycles. The lowest BCUT2D eigenvalue weighted by atomic mass is 10.1. The first-order valence-electron chi connectivity index (χ1n) is 6.07. The largest absolute Gasteiger partial charge is 0.334 e. The van der Waals surface area contributed by atoms with Gasteiger partial charge in [-0.15, -0.1) is 11.3 Å². The number of rotatable bonds is 3. The van der Waals surface area contributed by atoms with Crippen molar-refractivity contribution >= 4 is 17.2 Å². The first kappa shape index (κ1) is 13.7. The van der Waals surface area contributed by atoms with Crippen LogP contribution in [-0.4, -0.2) is 17.9 Å². The molecule has 1 heterocycles. The van der Waals surface area contributed by atoms with Gasteiger partial charge in [-0.2, -0.15) is 0 Å². The standard InChI is InChI=1S/C15H16FNOS/c1-10-8-9-19-14(10)15(18)17(3)11(2)12-4-6-13(16)7-5-12/h4-9,11H,1-3H3. The number of hydrogen-bond acceptors (Lipinski definition) is 2. The van der Waals surface area contributed by atoms with Crippen LogP contribution in [0.3, 0.4) is 0 Å². The molecule has 1 amide bonds. The summed E-state index contributed by atoms with van der Waals surface area (Å²) >= 11 is 1.45. The van der Waals surface area contributed by atoms with E-state index in [0.717, 1.165) is 16.0 Å². The molecule has 0 saturated heterocycles. The number of nitrogens with zero attached hydrogens (tertiary/aromatic N) is 1. The molecule has 0 aliphatic rings. The topological polar surface area (TPSA) is 20.3 Å². The van der Waals surface area contributed by atoms with Gasteiger partial charge in [-0.05, 0) is 48.6 Å². The predicted molar refractivity (Wildman–Crippen MR) is 76.0 cm³/mol. The monoisotopic (exact) mass is 277 g/mol. The molecule has 1 unspecified atom stereocenters. The molecule has 1 atom stereocenters. The van der Waals surface area contributed by atoms with Gasteiger partial charge in [-0.1, -0.05) is 12.1 Å². The van der Waals surface area contributed by atoms with Crippen molar-refractivity contribution in [2.45, 2.75) is 19.9 Å². The second-order valence-corrected chi connectivity index (χ2v) is 5.49. The van der Waals surface area contributed by atoms with E-state index in [4.69, 9.17) is 0 Å². The number of halogens is 1. The molecular weight excluding hydrogens is 261 g/mol. The van der Waals surface area contributed by atoms with Crippen LogP contribution in [0.4, 0.5) is 4.39 Å². The Balaban J connectivity index is 2.19. The van der Waals surface area contributed by atoms with E-state index in [1.165, 1.54) is 23.5 Å². The fourth-order valence-electron chi connectivity index (χ4n) is 1.89. The molecular formula is C15H16FNOS. The van der Waals surface area contributed by atoms with Crippen molar-refractivity contribution in [3.8, 4) is 0 Å². The number of carbonyl (C=O) groups excluding carboxylic acids is 1. The molecule has 2 rings (SSSR count). The van der Waals surface area contributed by atoms with E-state index in [1.54, 1.807) is 24.1 Å². The van der Waals surface area contributed by atoms with Crippen molar-refractivity contribution in [2.75, 3.05) is 7.05 Å². The van der Waals surface area contributed by atoms with E-state index in [2.05, 4.69) is 0 Å². The molecule has 0 bridgehead atoms. The Labute approximate surface area is 116 Å². The molecule has 0 fully saturated rings. The number of carbonyl (C=O) groups is 1. The van der Waals surface area contributed by atoms with E-state index < -0.39 is 0 Å². The summed E-state index contributed by atoms with van der Waals surface area (Å²) in [5.41, 5.74) is 1.92. The van der Waals surface area contributed by atoms with E-state index in [9.17, 15) is 9.18 Å². The lowest BCUT2D eigenvalue weighted by Gasteiger charge is -2.25. The molecule has 2 aromatic rings. The van der Waals surface area contributed by atoms with E-state index >= 15 is 0 Å². The summed E-state index contributed by atoms with van der Waals surface area (Å²) in [5.74, 6) is -0.261. The number of hydrogen-bond donors (Lipinski definition) is 0. The Bertz CT molecular complexity index is 576. The van der Waals surface area contributed by atoms with Crippen molar-refractivity contribution in [1.82, 2.24) is 4.90 Å². The third-order valence-electron chi connectivity index (χ3n) is 3.31. The van der Waals surface area contributed by atoms with Crippen molar-refractivity contribution in [3.05, 3.63) is 57.5 Å². The van der Waals surface area contributed by atoms with E-state index in [-0.39, 0.29) is 17.8 Å². The summed E-state index contributed by atoms with van der Waals surface area (Å²) in [6, 6.07) is 8.11. The number of thiophene rings is 1. The van der Waals surface area contributed by atoms with Gasteiger partial charge in [0.15, 0.2) is 0 Å². The van der Waals surface area contributed by atoms with Crippen molar-refractivity contribution in [3.63, 3.8) is 0 Å². The second kappa shape index (κ2) is 5.53. The highest BCUT2D eigenvalue weighted by molar-refractivity contribution is 7.12. The van der Waals surface area contributed by atoms with Crippen molar-refractivity contribution in [2.24, 2.45) is 0 Å². The molecule has 0 spiro atoms. The highest BCUT2D eigenvalue weighted by Gasteiger charge is 2.21. The Morgan fingerprint density at radius 3 is 2.42 bits per heavy atom. The quantitative estimate of drug-likeness (QED) is 0.829. The van der Waals surface area contributed by atoms with Crippen LogP contribution in [0.15, 0.2) is 35.7 Å². The summed E-state index contributed by atoms with van der Waals surface area (Å²) in [7, 11) is 1.77. The van der Waals surface area contributed by atoms with Crippen LogP contribution < -0.4 is 0 Å². The maximum absolute atomic E-state index is 12.9. The van der Waals surface area contributed by atoms with Gasteiger partial charge in [0.1, 0.15) is 5.82 Å². The van der Waals surface area contributed by atoms with Crippen LogP contribution in [0.1, 0.15) is 33.8 Å². The van der Waals surface area contributed by atoms with Crippen molar-refractivity contribution in [1.29, 1.82) is 0 Å². The Morgan fingerprint density at radius 2 is 1.89 bits per heavy atom. The number of amides is 1. The molecule has 0 saturated carbocycles. The zero-order chi connectivity index (χ0) is 14.0. The van der Waals surface area contributed by atoms with Crippen LogP contribution in [0, 0.1) is 12.7 Å². The first-order valence-corrected chi connectivity index (χ1v) is 6.95. The van der Waals surface area contributed by atoms with Crippen LogP contribution in [0.25, 0.3) is 0 Å². The third-order valence-corrected chi connectivity index (χ3v) is 4.31. The summed E-state index contributed by atoms with van der Waals surface area (Å²) in [6.45, 7) is 3.87. The van der Waals surface area contributed by atoms with Gasteiger partial charge >= 0.3 is 0 Å². The van der Waals surface area contributed by atoms with Gasteiger partial charge in [0.25, 0.3) is 5.91 Å². The molecule has 1 aromatic carbocycles. The van der Waals surface area contributed by atoms with E-state index in [0.29, 0.717) is 0 Å². The number of aryl methyl sites for hydroxylation is 1. The Hall–Kier alpha value is -1.68. The van der Waals surface area contributed by atoms with Crippen LogP contribution in [-0.2, 0) is 0 Å². The summed E-state index contributed by atoms with van der Waals surface area (Å²) in [4.78, 5) is 14.8. The fraction of sp³-hybridized carbons (Fsp3) is 0.267. The number of benzene rings is 1. The van der Waals surface area contributed by atoms with Crippen molar-refractivity contribution < 1.29 is 9.18 Å². The minimum atomic E-state index is -0.265. The smallest absolute Gasteiger partial charge is 0.264 e. The summed E-state index contributed by atoms with van der Waals surface area (Å²) < 4.78 is 12.9. The maximum Gasteiger partial charge on any atom is 0.264 e. The van der Waals surface area contributed by atoms with Gasteiger partial charge in [-0.3, -0.25) is 4.79 Å². The zero-order valence-corrected chi connectivity index (χ0v) is 12.0. The Morgan fingerprint density at radius 1 is 1.26 bits per heavy atom. The maximum atomic E-state index is 12.9. The van der Waals surface area contributed by atoms with Crippen LogP contribution >= 0.6 is 11.3 Å². The van der Waals surface area contributed by atoms with Gasteiger partial charge in [0, 0.05) is 7.05 Å². The highest BCUT2D eigenvalue weighted by atomic mass is 32.1. The molecule has 2 nitrogen and oxygen atoms in total. The molecule has 0 N–H and O–H groups in total. The lowest BCUT2D eigenvalue weighted by molar-refractivity contribution is 0.0747. The van der Waals surface area contributed by atoms with Gasteiger partial charge in [0.2, 0.25) is 0 Å². The van der Waals surface area contributed by atoms with E-state index in [1.807, 2.05) is 25.3 Å². The third kappa shape index (κ3) is 2.84. The van der Waals surface area contributed by atoms with Crippen LogP contribution in [0.2, 0.25) is 0 Å². The molecule has 0 radical (unpaired) electrons. The summed E-state index contributed by atoms with van der Waals surface area (Å²) in [5, 5.41) is 1.92. The molecule has 19 heavy (non-hydrogen) atoms. The highest BCUT2D eigenvalue weighted by Crippen LogP contribution is 2.24. The average molecular weight is 277 g/mol.